The topological polar surface area (TPSA) is 119 Å². The van der Waals surface area contributed by atoms with Crippen molar-refractivity contribution < 1.29 is 37.9 Å². The fourth-order valence-electron chi connectivity index (χ4n) is 7.60. The second-order valence-electron chi connectivity index (χ2n) is 17.5. The quantitative estimate of drug-likeness (QED) is 0.0269. The molecule has 0 amide bonds. The second kappa shape index (κ2) is 47.0. The van der Waals surface area contributed by atoms with Crippen molar-refractivity contribution in [2.75, 3.05) is 13.2 Å². The summed E-state index contributed by atoms with van der Waals surface area (Å²) in [6.45, 7) is 3.73. The lowest BCUT2D eigenvalue weighted by atomic mass is 10.1. The van der Waals surface area contributed by atoms with E-state index in [1.807, 2.05) is 0 Å². The summed E-state index contributed by atoms with van der Waals surface area (Å²) in [5.41, 5.74) is 0. The van der Waals surface area contributed by atoms with Crippen LogP contribution in [0.1, 0.15) is 271 Å². The molecule has 0 heterocycles. The van der Waals surface area contributed by atoms with Crippen molar-refractivity contribution in [1.29, 1.82) is 0 Å². The molecular formula is C51H97O8P. The van der Waals surface area contributed by atoms with Crippen molar-refractivity contribution >= 4 is 19.8 Å². The molecule has 1 unspecified atom stereocenters. The van der Waals surface area contributed by atoms with Crippen molar-refractivity contribution in [2.24, 2.45) is 0 Å². The molecule has 0 saturated carbocycles. The van der Waals surface area contributed by atoms with Crippen LogP contribution in [0.2, 0.25) is 0 Å². The largest absolute Gasteiger partial charge is 0.469 e. The van der Waals surface area contributed by atoms with E-state index in [2.05, 4.69) is 42.7 Å². The van der Waals surface area contributed by atoms with E-state index in [1.54, 1.807) is 0 Å². The van der Waals surface area contributed by atoms with Crippen LogP contribution in [0.15, 0.2) is 24.3 Å². The molecular weight excluding hydrogens is 772 g/mol. The van der Waals surface area contributed by atoms with Crippen LogP contribution in [-0.2, 0) is 28.2 Å². The third-order valence-corrected chi connectivity index (χ3v) is 11.9. The maximum atomic E-state index is 12.5. The molecule has 0 aliphatic carbocycles. The minimum absolute atomic E-state index is 0.212. The summed E-state index contributed by atoms with van der Waals surface area (Å²) >= 11 is 0. The number of rotatable bonds is 48. The third-order valence-electron chi connectivity index (χ3n) is 11.4. The highest BCUT2D eigenvalue weighted by atomic mass is 31.2. The van der Waals surface area contributed by atoms with Crippen LogP contribution >= 0.6 is 7.82 Å². The molecule has 0 aromatic rings. The molecule has 0 aromatic carbocycles. The van der Waals surface area contributed by atoms with Gasteiger partial charge in [-0.05, 0) is 64.2 Å². The average Bonchev–Trinajstić information content (AvgIpc) is 3.22. The number of phosphoric acid groups is 1. The smallest absolute Gasteiger partial charge is 0.462 e. The fourth-order valence-corrected chi connectivity index (χ4v) is 7.96. The summed E-state index contributed by atoms with van der Waals surface area (Å²) in [5, 5.41) is 0. The monoisotopic (exact) mass is 869 g/mol. The van der Waals surface area contributed by atoms with Crippen LogP contribution in [0, 0.1) is 0 Å². The van der Waals surface area contributed by atoms with Gasteiger partial charge in [0.1, 0.15) is 6.61 Å². The number of allylic oxidation sites excluding steroid dienone is 4. The number of hydrogen-bond donors (Lipinski definition) is 2. The maximum Gasteiger partial charge on any atom is 0.469 e. The van der Waals surface area contributed by atoms with Crippen molar-refractivity contribution in [1.82, 2.24) is 0 Å². The number of carbonyl (C=O) groups excluding carboxylic acids is 2. The molecule has 0 radical (unpaired) electrons. The van der Waals surface area contributed by atoms with E-state index in [0.29, 0.717) is 6.42 Å². The molecule has 0 rings (SSSR count). The van der Waals surface area contributed by atoms with Crippen molar-refractivity contribution in [3.8, 4) is 0 Å². The highest BCUT2D eigenvalue weighted by molar-refractivity contribution is 7.46. The molecule has 0 bridgehead atoms. The molecule has 0 spiro atoms. The van der Waals surface area contributed by atoms with E-state index < -0.39 is 32.5 Å². The van der Waals surface area contributed by atoms with Crippen molar-refractivity contribution in [2.45, 2.75) is 277 Å². The first-order chi connectivity index (χ1) is 29.3. The molecule has 0 aliphatic heterocycles. The van der Waals surface area contributed by atoms with Crippen LogP contribution in [0.5, 0.6) is 0 Å². The number of ether oxygens (including phenoxy) is 2. The highest BCUT2D eigenvalue weighted by Gasteiger charge is 2.23. The van der Waals surface area contributed by atoms with Crippen LogP contribution in [0.25, 0.3) is 0 Å². The van der Waals surface area contributed by atoms with E-state index in [4.69, 9.17) is 19.3 Å². The molecule has 0 saturated heterocycles. The molecule has 2 N–H and O–H groups in total. The fraction of sp³-hybridized carbons (Fsp3) is 0.882. The van der Waals surface area contributed by atoms with Crippen molar-refractivity contribution in [3.63, 3.8) is 0 Å². The minimum atomic E-state index is -4.76. The lowest BCUT2D eigenvalue weighted by molar-refractivity contribution is -0.161. The molecule has 1 atom stereocenters. The number of hydrogen-bond acceptors (Lipinski definition) is 6. The summed E-state index contributed by atoms with van der Waals surface area (Å²) in [7, 11) is -4.76. The lowest BCUT2D eigenvalue weighted by Gasteiger charge is -2.18. The summed E-state index contributed by atoms with van der Waals surface area (Å²) < 4.78 is 26.5. The molecule has 0 aliphatic rings. The van der Waals surface area contributed by atoms with E-state index in [9.17, 15) is 14.2 Å². The Balaban J connectivity index is 3.80. The van der Waals surface area contributed by atoms with Gasteiger partial charge < -0.3 is 19.3 Å². The standard InChI is InChI=1S/C51H97O8P/c1-3-5-7-9-11-13-15-17-19-21-23-25-27-29-31-33-35-37-39-41-43-45-50(52)57-47-49(48-58-60(54,55)56)59-51(53)46-44-42-40-38-36-34-32-30-28-26-24-22-20-18-16-14-12-10-8-6-4-2/h21-24,49H,3-20,25-48H2,1-2H3,(H2,54,55,56)/b23-21-,24-22-. The Hall–Kier alpha value is -1.47. The first-order valence-electron chi connectivity index (χ1n) is 25.6. The van der Waals surface area contributed by atoms with Gasteiger partial charge in [-0.1, -0.05) is 218 Å². The van der Waals surface area contributed by atoms with Gasteiger partial charge in [-0.3, -0.25) is 14.1 Å². The SMILES string of the molecule is CCCCCCCCCC/C=C\CCCCCCCCCCCC(=O)OCC(COP(=O)(O)O)OC(=O)CCCCCCCCCCC/C=C\CCCCCCCCCC. The van der Waals surface area contributed by atoms with Gasteiger partial charge in [0, 0.05) is 12.8 Å². The van der Waals surface area contributed by atoms with Gasteiger partial charge in [0.15, 0.2) is 6.10 Å². The average molecular weight is 869 g/mol. The van der Waals surface area contributed by atoms with Gasteiger partial charge in [-0.25, -0.2) is 4.57 Å². The number of phosphoric ester groups is 1. The first kappa shape index (κ1) is 58.5. The third kappa shape index (κ3) is 49.2. The molecule has 354 valence electrons. The summed E-state index contributed by atoms with van der Waals surface area (Å²) in [5.74, 6) is -0.876. The number of esters is 2. The van der Waals surface area contributed by atoms with Crippen LogP contribution in [0.4, 0.5) is 0 Å². The van der Waals surface area contributed by atoms with E-state index in [1.165, 1.54) is 199 Å². The van der Waals surface area contributed by atoms with Gasteiger partial charge in [-0.2, -0.15) is 0 Å². The number of carbonyl (C=O) groups is 2. The molecule has 0 aromatic heterocycles. The summed E-state index contributed by atoms with van der Waals surface area (Å²) in [6, 6.07) is 0. The van der Waals surface area contributed by atoms with E-state index in [-0.39, 0.29) is 19.4 Å². The van der Waals surface area contributed by atoms with Gasteiger partial charge in [-0.15, -0.1) is 0 Å². The number of unbranched alkanes of at least 4 members (excludes halogenated alkanes) is 34. The van der Waals surface area contributed by atoms with Gasteiger partial charge in [0.05, 0.1) is 6.61 Å². The first-order valence-corrected chi connectivity index (χ1v) is 27.2. The second-order valence-corrected chi connectivity index (χ2v) is 18.7. The zero-order chi connectivity index (χ0) is 43.9. The van der Waals surface area contributed by atoms with Crippen LogP contribution in [-0.4, -0.2) is 41.0 Å². The molecule has 0 fully saturated rings. The zero-order valence-corrected chi connectivity index (χ0v) is 40.3. The Morgan fingerprint density at radius 3 is 1.02 bits per heavy atom. The van der Waals surface area contributed by atoms with E-state index >= 15 is 0 Å². The Labute approximate surface area is 370 Å². The van der Waals surface area contributed by atoms with Gasteiger partial charge in [0.25, 0.3) is 0 Å². The summed E-state index contributed by atoms with van der Waals surface area (Å²) in [4.78, 5) is 43.1. The Bertz CT molecular complexity index is 1020. The van der Waals surface area contributed by atoms with Gasteiger partial charge >= 0.3 is 19.8 Å². The Kier molecular flexibility index (Phi) is 45.9. The van der Waals surface area contributed by atoms with Crippen LogP contribution < -0.4 is 0 Å². The predicted octanol–water partition coefficient (Wildman–Crippen LogP) is 16.3. The van der Waals surface area contributed by atoms with Crippen molar-refractivity contribution in [3.05, 3.63) is 24.3 Å². The van der Waals surface area contributed by atoms with Gasteiger partial charge in [0.2, 0.25) is 0 Å². The molecule has 8 nitrogen and oxygen atoms in total. The molecule has 9 heteroatoms. The Morgan fingerprint density at radius 2 is 0.700 bits per heavy atom. The lowest BCUT2D eigenvalue weighted by Crippen LogP contribution is -2.29. The van der Waals surface area contributed by atoms with E-state index in [0.717, 1.165) is 38.5 Å². The molecule has 60 heavy (non-hydrogen) atoms. The summed E-state index contributed by atoms with van der Waals surface area (Å²) in [6.07, 6.45) is 56.2. The Morgan fingerprint density at radius 1 is 0.417 bits per heavy atom. The minimum Gasteiger partial charge on any atom is -0.462 e. The highest BCUT2D eigenvalue weighted by Crippen LogP contribution is 2.36. The zero-order valence-electron chi connectivity index (χ0n) is 39.4. The predicted molar refractivity (Wildman–Crippen MR) is 253 cm³/mol. The normalized spacial score (nSPS) is 12.5. The maximum absolute atomic E-state index is 12.5. The van der Waals surface area contributed by atoms with Crippen LogP contribution in [0.3, 0.4) is 0 Å².